The van der Waals surface area contributed by atoms with Gasteiger partial charge >= 0.3 is 5.97 Å². The van der Waals surface area contributed by atoms with Crippen LogP contribution in [0.4, 0.5) is 0 Å². The maximum Gasteiger partial charge on any atom is 0.337 e. The van der Waals surface area contributed by atoms with Gasteiger partial charge in [0.15, 0.2) is 0 Å². The molecular weight excluding hydrogens is 440 g/mol. The molecule has 1 aromatic heterocycles. The second kappa shape index (κ2) is 9.48. The summed E-state index contributed by atoms with van der Waals surface area (Å²) in [6, 6.07) is 21.1. The van der Waals surface area contributed by atoms with Gasteiger partial charge in [-0.3, -0.25) is 0 Å². The Morgan fingerprint density at radius 1 is 0.970 bits per heavy atom. The Bertz CT molecular complexity index is 1360. The second-order valence-corrected chi connectivity index (χ2v) is 9.25. The first-order valence-corrected chi connectivity index (χ1v) is 11.8. The van der Waals surface area contributed by atoms with Gasteiger partial charge in [-0.2, -0.15) is 0 Å². The highest BCUT2D eigenvalue weighted by Crippen LogP contribution is 2.31. The first-order valence-electron chi connectivity index (χ1n) is 10.3. The number of esters is 1. The number of para-hydroxylation sites is 1. The summed E-state index contributed by atoms with van der Waals surface area (Å²) in [5.74, 6) is -0.0373. The molecule has 0 saturated carbocycles. The highest BCUT2D eigenvalue weighted by Gasteiger charge is 2.22. The van der Waals surface area contributed by atoms with Gasteiger partial charge in [0.2, 0.25) is 10.0 Å². The van der Waals surface area contributed by atoms with Crippen molar-refractivity contribution in [1.29, 1.82) is 0 Å². The first kappa shape index (κ1) is 22.6. The lowest BCUT2D eigenvalue weighted by Gasteiger charge is -2.19. The Labute approximate surface area is 192 Å². The van der Waals surface area contributed by atoms with E-state index in [9.17, 15) is 13.2 Å². The molecule has 0 fully saturated rings. The number of H-pyrrole nitrogens is 1. The number of aromatic amines is 1. The van der Waals surface area contributed by atoms with Gasteiger partial charge in [0.05, 0.1) is 24.7 Å². The smallest absolute Gasteiger partial charge is 0.337 e. The lowest BCUT2D eigenvalue weighted by Crippen LogP contribution is -2.29. The van der Waals surface area contributed by atoms with Crippen molar-refractivity contribution in [1.82, 2.24) is 9.71 Å². The molecular formula is C25H24N2O5S. The van der Waals surface area contributed by atoms with Crippen molar-refractivity contribution < 1.29 is 22.7 Å². The summed E-state index contributed by atoms with van der Waals surface area (Å²) in [6.45, 7) is 0.148. The van der Waals surface area contributed by atoms with Crippen molar-refractivity contribution in [3.8, 4) is 5.75 Å². The van der Waals surface area contributed by atoms with E-state index in [4.69, 9.17) is 4.74 Å². The molecule has 0 aliphatic rings. The number of rotatable bonds is 8. The molecule has 0 spiro atoms. The fraction of sp³-hybridized carbons (Fsp3) is 0.160. The highest BCUT2D eigenvalue weighted by molar-refractivity contribution is 7.89. The van der Waals surface area contributed by atoms with E-state index in [2.05, 4.69) is 14.4 Å². The summed E-state index contributed by atoms with van der Waals surface area (Å²) in [5, 5.41) is 1.03. The van der Waals surface area contributed by atoms with E-state index >= 15 is 0 Å². The number of benzene rings is 3. The van der Waals surface area contributed by atoms with E-state index in [1.807, 2.05) is 54.7 Å². The van der Waals surface area contributed by atoms with Crippen LogP contribution in [0.25, 0.3) is 10.9 Å². The van der Waals surface area contributed by atoms with Gasteiger partial charge in [-0.15, -0.1) is 0 Å². The van der Waals surface area contributed by atoms with Crippen LogP contribution in [0.3, 0.4) is 0 Å². The van der Waals surface area contributed by atoms with Crippen LogP contribution in [0.5, 0.6) is 5.75 Å². The Balaban J connectivity index is 1.64. The van der Waals surface area contributed by atoms with E-state index in [0.717, 1.165) is 27.8 Å². The van der Waals surface area contributed by atoms with Crippen molar-refractivity contribution in [3.05, 3.63) is 95.7 Å². The minimum absolute atomic E-state index is 0.0718. The minimum atomic E-state index is -3.81. The van der Waals surface area contributed by atoms with Crippen LogP contribution < -0.4 is 9.46 Å². The zero-order chi connectivity index (χ0) is 23.4. The summed E-state index contributed by atoms with van der Waals surface area (Å²) < 4.78 is 38.7. The molecule has 0 radical (unpaired) electrons. The van der Waals surface area contributed by atoms with Crippen molar-refractivity contribution in [3.63, 3.8) is 0 Å². The van der Waals surface area contributed by atoms with Crippen molar-refractivity contribution in [2.24, 2.45) is 0 Å². The van der Waals surface area contributed by atoms with Crippen molar-refractivity contribution in [2.45, 2.75) is 10.8 Å². The second-order valence-electron chi connectivity index (χ2n) is 7.48. The Hall–Kier alpha value is -3.62. The molecule has 1 unspecified atom stereocenters. The number of hydrogen-bond acceptors (Lipinski definition) is 5. The molecule has 1 atom stereocenters. The number of carbonyl (C=O) groups is 1. The number of ether oxygens (including phenoxy) is 2. The van der Waals surface area contributed by atoms with E-state index in [-0.39, 0.29) is 22.9 Å². The van der Waals surface area contributed by atoms with Gasteiger partial charge in [0.25, 0.3) is 0 Å². The maximum atomic E-state index is 13.0. The number of methoxy groups -OCH3 is 2. The summed E-state index contributed by atoms with van der Waals surface area (Å²) in [6.07, 6.45) is 1.92. The maximum absolute atomic E-state index is 13.0. The largest absolute Gasteiger partial charge is 0.497 e. The van der Waals surface area contributed by atoms with E-state index < -0.39 is 16.0 Å². The van der Waals surface area contributed by atoms with Crippen LogP contribution in [0.2, 0.25) is 0 Å². The van der Waals surface area contributed by atoms with Crippen LogP contribution in [-0.4, -0.2) is 40.1 Å². The van der Waals surface area contributed by atoms with Crippen LogP contribution in [-0.2, 0) is 14.8 Å². The number of fused-ring (bicyclic) bond motifs is 1. The predicted molar refractivity (Wildman–Crippen MR) is 126 cm³/mol. The molecule has 1 heterocycles. The molecule has 170 valence electrons. The van der Waals surface area contributed by atoms with Gasteiger partial charge in [-0.05, 0) is 53.6 Å². The fourth-order valence-electron chi connectivity index (χ4n) is 3.79. The lowest BCUT2D eigenvalue weighted by atomic mass is 9.91. The number of carbonyl (C=O) groups excluding carboxylic acids is 1. The molecule has 0 saturated heterocycles. The van der Waals surface area contributed by atoms with E-state index in [1.165, 1.54) is 31.4 Å². The lowest BCUT2D eigenvalue weighted by molar-refractivity contribution is 0.0600. The summed E-state index contributed by atoms with van der Waals surface area (Å²) in [7, 11) is -0.927. The molecule has 2 N–H and O–H groups in total. The average Bonchev–Trinajstić information content (AvgIpc) is 3.28. The average molecular weight is 465 g/mol. The fourth-order valence-corrected chi connectivity index (χ4v) is 4.84. The Morgan fingerprint density at radius 2 is 1.67 bits per heavy atom. The van der Waals surface area contributed by atoms with Gasteiger partial charge in [-0.25, -0.2) is 17.9 Å². The zero-order valence-electron chi connectivity index (χ0n) is 18.2. The van der Waals surface area contributed by atoms with E-state index in [0.29, 0.717) is 0 Å². The van der Waals surface area contributed by atoms with Gasteiger partial charge in [0, 0.05) is 29.6 Å². The van der Waals surface area contributed by atoms with Gasteiger partial charge in [0.1, 0.15) is 5.75 Å². The van der Waals surface area contributed by atoms with Gasteiger partial charge in [-0.1, -0.05) is 30.3 Å². The third-order valence-electron chi connectivity index (χ3n) is 5.58. The third-order valence-corrected chi connectivity index (χ3v) is 7.02. The monoisotopic (exact) mass is 464 g/mol. The van der Waals surface area contributed by atoms with Crippen molar-refractivity contribution >= 4 is 26.9 Å². The molecule has 4 aromatic rings. The quantitative estimate of drug-likeness (QED) is 0.383. The normalized spacial score (nSPS) is 12.4. The Kier molecular flexibility index (Phi) is 6.48. The molecule has 3 aromatic carbocycles. The molecule has 0 amide bonds. The minimum Gasteiger partial charge on any atom is -0.497 e. The summed E-state index contributed by atoms with van der Waals surface area (Å²) in [4.78, 5) is 15.0. The van der Waals surface area contributed by atoms with Gasteiger partial charge < -0.3 is 14.5 Å². The number of nitrogens with one attached hydrogen (secondary N) is 2. The molecule has 0 bridgehead atoms. The molecule has 0 aliphatic heterocycles. The predicted octanol–water partition coefficient (Wildman–Crippen LogP) is 4.07. The van der Waals surface area contributed by atoms with E-state index in [1.54, 1.807) is 7.11 Å². The summed E-state index contributed by atoms with van der Waals surface area (Å²) >= 11 is 0. The number of hydrogen-bond donors (Lipinski definition) is 2. The molecule has 7 nitrogen and oxygen atoms in total. The highest BCUT2D eigenvalue weighted by atomic mass is 32.2. The van der Waals surface area contributed by atoms with Crippen LogP contribution in [0.1, 0.15) is 27.4 Å². The topological polar surface area (TPSA) is 97.5 Å². The molecule has 0 aliphatic carbocycles. The van der Waals surface area contributed by atoms with Crippen LogP contribution in [0, 0.1) is 0 Å². The molecule has 4 rings (SSSR count). The van der Waals surface area contributed by atoms with Crippen molar-refractivity contribution in [2.75, 3.05) is 20.8 Å². The Morgan fingerprint density at radius 3 is 2.33 bits per heavy atom. The zero-order valence-corrected chi connectivity index (χ0v) is 19.1. The molecule has 33 heavy (non-hydrogen) atoms. The molecule has 8 heteroatoms. The standard InChI is InChI=1S/C25H24N2O5S/c1-31-19-11-7-17(8-12-19)22(23-15-26-24-6-4-3-5-21(23)24)16-27-33(29,30)20-13-9-18(10-14-20)25(28)32-2/h3-15,22,26-27H,16H2,1-2H3. The number of aromatic nitrogens is 1. The SMILES string of the molecule is COC(=O)c1ccc(S(=O)(=O)NCC(c2ccc(OC)cc2)c2c[nH]c3ccccc23)cc1. The first-order chi connectivity index (χ1) is 15.9. The summed E-state index contributed by atoms with van der Waals surface area (Å²) in [5.41, 5.74) is 3.20. The third kappa shape index (κ3) is 4.76. The number of sulfonamides is 1. The van der Waals surface area contributed by atoms with Crippen LogP contribution in [0.15, 0.2) is 83.9 Å². The van der Waals surface area contributed by atoms with Crippen LogP contribution >= 0.6 is 0 Å².